The molecule has 0 saturated carbocycles. The third kappa shape index (κ3) is 1.51. The van der Waals surface area contributed by atoms with Crippen molar-refractivity contribution < 1.29 is 0 Å². The van der Waals surface area contributed by atoms with Crippen molar-refractivity contribution in [3.63, 3.8) is 0 Å². The van der Waals surface area contributed by atoms with Crippen LogP contribution in [0.2, 0.25) is 0 Å². The zero-order chi connectivity index (χ0) is 6.85. The lowest BCUT2D eigenvalue weighted by Gasteiger charge is -2.05. The van der Waals surface area contributed by atoms with E-state index in [1.165, 1.54) is 6.42 Å². The molecule has 1 aliphatic rings. The van der Waals surface area contributed by atoms with Crippen LogP contribution in [0.25, 0.3) is 0 Å². The van der Waals surface area contributed by atoms with Gasteiger partial charge in [-0.1, -0.05) is 26.8 Å². The van der Waals surface area contributed by atoms with E-state index in [1.54, 1.807) is 4.91 Å². The molecule has 0 aromatic rings. The van der Waals surface area contributed by atoms with Gasteiger partial charge in [0.1, 0.15) is 0 Å². The van der Waals surface area contributed by atoms with Gasteiger partial charge in [0, 0.05) is 5.25 Å². The summed E-state index contributed by atoms with van der Waals surface area (Å²) in [5.74, 6) is 0.796. The van der Waals surface area contributed by atoms with Crippen LogP contribution >= 0.6 is 11.8 Å². The van der Waals surface area contributed by atoms with Crippen LogP contribution in [-0.2, 0) is 0 Å². The summed E-state index contributed by atoms with van der Waals surface area (Å²) >= 11 is 2.03. The van der Waals surface area contributed by atoms with Gasteiger partial charge in [-0.2, -0.15) is 0 Å². The molecular formula is C8H14S. The fourth-order valence-electron chi connectivity index (χ4n) is 1.02. The molecule has 0 fully saturated rings. The van der Waals surface area contributed by atoms with Crippen LogP contribution < -0.4 is 0 Å². The Morgan fingerprint density at radius 1 is 1.56 bits per heavy atom. The molecule has 0 saturated heterocycles. The number of rotatable bonds is 1. The molecule has 0 radical (unpaired) electrons. The largest absolute Gasteiger partial charge is 0.127 e. The highest BCUT2D eigenvalue weighted by Gasteiger charge is 2.18. The average molecular weight is 142 g/mol. The zero-order valence-corrected chi connectivity index (χ0v) is 7.16. The topological polar surface area (TPSA) is 0 Å². The molecule has 1 heteroatoms. The molecule has 52 valence electrons. The van der Waals surface area contributed by atoms with Crippen LogP contribution in [0.5, 0.6) is 0 Å². The molecule has 0 aliphatic carbocycles. The summed E-state index contributed by atoms with van der Waals surface area (Å²) in [5.41, 5.74) is 0. The molecule has 0 N–H and O–H groups in total. The van der Waals surface area contributed by atoms with Crippen molar-refractivity contribution in [3.05, 3.63) is 11.0 Å². The Labute approximate surface area is 61.7 Å². The van der Waals surface area contributed by atoms with Gasteiger partial charge in [0.15, 0.2) is 0 Å². The lowest BCUT2D eigenvalue weighted by atomic mass is 10.1. The predicted octanol–water partition coefficient (Wildman–Crippen LogP) is 3.05. The number of allylic oxidation sites excluding steroid dienone is 2. The number of thioether (sulfide) groups is 1. The highest BCUT2D eigenvalue weighted by atomic mass is 32.2. The summed E-state index contributed by atoms with van der Waals surface area (Å²) in [6.07, 6.45) is 3.62. The van der Waals surface area contributed by atoms with Crippen LogP contribution in [-0.4, -0.2) is 5.25 Å². The van der Waals surface area contributed by atoms with Gasteiger partial charge in [-0.25, -0.2) is 0 Å². The molecule has 0 aromatic heterocycles. The zero-order valence-electron chi connectivity index (χ0n) is 6.35. The highest BCUT2D eigenvalue weighted by molar-refractivity contribution is 8.03. The Morgan fingerprint density at radius 2 is 2.22 bits per heavy atom. The van der Waals surface area contributed by atoms with Crippen molar-refractivity contribution in [2.24, 2.45) is 5.92 Å². The molecule has 1 rings (SSSR count). The van der Waals surface area contributed by atoms with Gasteiger partial charge in [-0.15, -0.1) is 11.8 Å². The van der Waals surface area contributed by atoms with E-state index in [-0.39, 0.29) is 0 Å². The predicted molar refractivity (Wildman–Crippen MR) is 44.6 cm³/mol. The van der Waals surface area contributed by atoms with Crippen molar-refractivity contribution >= 4 is 11.8 Å². The third-order valence-electron chi connectivity index (χ3n) is 1.87. The molecule has 0 aromatic carbocycles. The maximum absolute atomic E-state index is 2.40. The van der Waals surface area contributed by atoms with Gasteiger partial charge in [-0.05, 0) is 17.2 Å². The van der Waals surface area contributed by atoms with Gasteiger partial charge in [0.25, 0.3) is 0 Å². The summed E-state index contributed by atoms with van der Waals surface area (Å²) in [6.45, 7) is 6.82. The number of hydrogen-bond donors (Lipinski definition) is 0. The second kappa shape index (κ2) is 2.78. The first-order chi connectivity index (χ1) is 4.24. The van der Waals surface area contributed by atoms with E-state index in [0.717, 1.165) is 11.2 Å². The summed E-state index contributed by atoms with van der Waals surface area (Å²) in [6, 6.07) is 0. The standard InChI is InChI=1S/C8H14S/c1-4-8-5-6(2)7(3)9-8/h5-7H,4H2,1-3H3. The van der Waals surface area contributed by atoms with E-state index in [9.17, 15) is 0 Å². The normalized spacial score (nSPS) is 34.8. The highest BCUT2D eigenvalue weighted by Crippen LogP contribution is 2.37. The van der Waals surface area contributed by atoms with E-state index in [1.807, 2.05) is 11.8 Å². The fourth-order valence-corrected chi connectivity index (χ4v) is 2.25. The smallest absolute Gasteiger partial charge is 0.0123 e. The maximum Gasteiger partial charge on any atom is 0.0123 e. The first kappa shape index (κ1) is 7.20. The minimum Gasteiger partial charge on any atom is -0.127 e. The molecule has 0 bridgehead atoms. The first-order valence-corrected chi connectivity index (χ1v) is 4.49. The summed E-state index contributed by atoms with van der Waals surface area (Å²) < 4.78 is 0. The van der Waals surface area contributed by atoms with Crippen molar-refractivity contribution in [2.75, 3.05) is 0 Å². The van der Waals surface area contributed by atoms with E-state index < -0.39 is 0 Å². The van der Waals surface area contributed by atoms with E-state index >= 15 is 0 Å². The van der Waals surface area contributed by atoms with E-state index in [4.69, 9.17) is 0 Å². The van der Waals surface area contributed by atoms with Crippen molar-refractivity contribution in [1.29, 1.82) is 0 Å². The van der Waals surface area contributed by atoms with Crippen LogP contribution in [0.1, 0.15) is 27.2 Å². The van der Waals surface area contributed by atoms with Crippen LogP contribution in [0.15, 0.2) is 11.0 Å². The second-order valence-electron chi connectivity index (χ2n) is 2.67. The summed E-state index contributed by atoms with van der Waals surface area (Å²) in [5, 5.41) is 0.819. The van der Waals surface area contributed by atoms with Gasteiger partial charge >= 0.3 is 0 Å². The number of hydrogen-bond acceptors (Lipinski definition) is 1. The summed E-state index contributed by atoms with van der Waals surface area (Å²) in [7, 11) is 0. The van der Waals surface area contributed by atoms with Crippen LogP contribution in [0, 0.1) is 5.92 Å². The summed E-state index contributed by atoms with van der Waals surface area (Å²) in [4.78, 5) is 1.58. The van der Waals surface area contributed by atoms with Gasteiger partial charge < -0.3 is 0 Å². The molecule has 0 amide bonds. The molecule has 9 heavy (non-hydrogen) atoms. The van der Waals surface area contributed by atoms with E-state index in [0.29, 0.717) is 0 Å². The van der Waals surface area contributed by atoms with Crippen LogP contribution in [0.3, 0.4) is 0 Å². The lowest BCUT2D eigenvalue weighted by Crippen LogP contribution is -2.00. The molecule has 1 aliphatic heterocycles. The Hall–Kier alpha value is 0.0900. The quantitative estimate of drug-likeness (QED) is 0.542. The fraction of sp³-hybridized carbons (Fsp3) is 0.750. The van der Waals surface area contributed by atoms with Crippen molar-refractivity contribution in [2.45, 2.75) is 32.4 Å². The maximum atomic E-state index is 2.40. The Bertz CT molecular complexity index is 127. The lowest BCUT2D eigenvalue weighted by molar-refractivity contribution is 0.728. The van der Waals surface area contributed by atoms with Crippen molar-refractivity contribution in [3.8, 4) is 0 Å². The third-order valence-corrected chi connectivity index (χ3v) is 3.40. The Morgan fingerprint density at radius 3 is 2.44 bits per heavy atom. The molecular weight excluding hydrogens is 128 g/mol. The minimum absolute atomic E-state index is 0.796. The minimum atomic E-state index is 0.796. The Balaban J connectivity index is 2.52. The van der Waals surface area contributed by atoms with Gasteiger partial charge in [-0.3, -0.25) is 0 Å². The molecule has 2 unspecified atom stereocenters. The molecule has 0 spiro atoms. The van der Waals surface area contributed by atoms with Gasteiger partial charge in [0.2, 0.25) is 0 Å². The Kier molecular flexibility index (Phi) is 2.23. The SMILES string of the molecule is CCC1=CC(C)C(C)S1. The molecule has 2 atom stereocenters. The van der Waals surface area contributed by atoms with E-state index in [2.05, 4.69) is 26.8 Å². The monoisotopic (exact) mass is 142 g/mol. The average Bonchev–Trinajstić information content (AvgIpc) is 2.13. The molecule has 0 nitrogen and oxygen atoms in total. The van der Waals surface area contributed by atoms with Crippen LogP contribution in [0.4, 0.5) is 0 Å². The molecule has 1 heterocycles. The van der Waals surface area contributed by atoms with Crippen molar-refractivity contribution in [1.82, 2.24) is 0 Å². The first-order valence-electron chi connectivity index (χ1n) is 3.61. The van der Waals surface area contributed by atoms with Gasteiger partial charge in [0.05, 0.1) is 0 Å². The second-order valence-corrected chi connectivity index (χ2v) is 4.17.